The van der Waals surface area contributed by atoms with Crippen LogP contribution < -0.4 is 10.6 Å². The normalized spacial score (nSPS) is 25.4. The Morgan fingerprint density at radius 3 is 2.60 bits per heavy atom. The van der Waals surface area contributed by atoms with E-state index in [1.807, 2.05) is 16.8 Å². The molecule has 0 spiro atoms. The predicted octanol–water partition coefficient (Wildman–Crippen LogP) is 2.74. The number of rotatable bonds is 4. The average Bonchev–Trinajstić information content (AvgIpc) is 3.15. The minimum absolute atomic E-state index is 0.150. The zero-order valence-electron chi connectivity index (χ0n) is 14.5. The maximum atomic E-state index is 12.7. The molecule has 1 saturated heterocycles. The van der Waals surface area contributed by atoms with Crippen molar-refractivity contribution in [2.45, 2.75) is 63.5 Å². The Hall–Kier alpha value is -1.89. The van der Waals surface area contributed by atoms with E-state index in [0.29, 0.717) is 0 Å². The van der Waals surface area contributed by atoms with Crippen LogP contribution in [0.2, 0.25) is 0 Å². The molecule has 1 aromatic rings. The molecule has 1 unspecified atom stereocenters. The van der Waals surface area contributed by atoms with E-state index >= 15 is 0 Å². The fourth-order valence-corrected chi connectivity index (χ4v) is 4.37. The van der Waals surface area contributed by atoms with Crippen molar-refractivity contribution in [2.24, 2.45) is 0 Å². The fraction of sp³-hybridized carbons (Fsp3) is 0.611. The fourth-order valence-electron chi connectivity index (χ4n) is 3.60. The Bertz CT molecular complexity index is 638. The lowest BCUT2D eigenvalue weighted by molar-refractivity contribution is -0.135. The molecule has 2 heterocycles. The summed E-state index contributed by atoms with van der Waals surface area (Å²) >= 11 is 1.47. The summed E-state index contributed by atoms with van der Waals surface area (Å²) in [4.78, 5) is 38.4. The highest BCUT2D eigenvalue weighted by atomic mass is 32.1. The van der Waals surface area contributed by atoms with Gasteiger partial charge in [0, 0.05) is 6.04 Å². The third-order valence-corrected chi connectivity index (χ3v) is 5.83. The molecule has 1 atom stereocenters. The summed E-state index contributed by atoms with van der Waals surface area (Å²) in [5, 5.41) is 9.44. The number of urea groups is 1. The monoisotopic (exact) mass is 363 g/mol. The van der Waals surface area contributed by atoms with Crippen LogP contribution in [-0.4, -0.2) is 35.3 Å². The first-order valence-corrected chi connectivity index (χ1v) is 9.91. The number of thiophene rings is 1. The van der Waals surface area contributed by atoms with Crippen LogP contribution in [0, 0.1) is 0 Å². The molecule has 4 amide bonds. The van der Waals surface area contributed by atoms with E-state index in [2.05, 4.69) is 10.6 Å². The summed E-state index contributed by atoms with van der Waals surface area (Å²) in [5.41, 5.74) is -0.337. The Labute approximate surface area is 152 Å². The highest BCUT2D eigenvalue weighted by molar-refractivity contribution is 7.08. The SMILES string of the molecule is CC1(c2ccsc2)NC(=O)N(CC(=O)NC2CCCCCCC2)C1=O. The number of amides is 4. The number of nitrogens with one attached hydrogen (secondary N) is 2. The first-order chi connectivity index (χ1) is 12.0. The molecule has 2 aliphatic rings. The van der Waals surface area contributed by atoms with E-state index in [1.54, 1.807) is 6.92 Å². The van der Waals surface area contributed by atoms with E-state index in [9.17, 15) is 14.4 Å². The first-order valence-electron chi connectivity index (χ1n) is 8.97. The third kappa shape index (κ3) is 3.86. The van der Waals surface area contributed by atoms with Crippen LogP contribution in [0.5, 0.6) is 0 Å². The predicted molar refractivity (Wildman–Crippen MR) is 96.2 cm³/mol. The van der Waals surface area contributed by atoms with Crippen molar-refractivity contribution >= 4 is 29.2 Å². The largest absolute Gasteiger partial charge is 0.352 e. The second-order valence-electron chi connectivity index (χ2n) is 7.07. The minimum Gasteiger partial charge on any atom is -0.352 e. The smallest absolute Gasteiger partial charge is 0.325 e. The summed E-state index contributed by atoms with van der Waals surface area (Å²) in [6.45, 7) is 1.46. The summed E-state index contributed by atoms with van der Waals surface area (Å²) in [7, 11) is 0. The van der Waals surface area contributed by atoms with Gasteiger partial charge in [0.2, 0.25) is 5.91 Å². The highest BCUT2D eigenvalue weighted by Gasteiger charge is 2.49. The van der Waals surface area contributed by atoms with Crippen LogP contribution in [0.4, 0.5) is 4.79 Å². The molecule has 2 fully saturated rings. The van der Waals surface area contributed by atoms with Gasteiger partial charge in [0.05, 0.1) is 0 Å². The van der Waals surface area contributed by atoms with Gasteiger partial charge >= 0.3 is 6.03 Å². The second kappa shape index (κ2) is 7.56. The Kier molecular flexibility index (Phi) is 5.42. The van der Waals surface area contributed by atoms with Crippen molar-refractivity contribution in [1.29, 1.82) is 0 Å². The van der Waals surface area contributed by atoms with Crippen LogP contribution in [0.3, 0.4) is 0 Å². The van der Waals surface area contributed by atoms with Gasteiger partial charge in [0.15, 0.2) is 0 Å². The molecule has 2 N–H and O–H groups in total. The highest BCUT2D eigenvalue weighted by Crippen LogP contribution is 2.30. The summed E-state index contributed by atoms with van der Waals surface area (Å²) < 4.78 is 0. The molecule has 25 heavy (non-hydrogen) atoms. The second-order valence-corrected chi connectivity index (χ2v) is 7.85. The number of carbonyl (C=O) groups excluding carboxylic acids is 3. The van der Waals surface area contributed by atoms with Crippen molar-refractivity contribution in [3.8, 4) is 0 Å². The number of nitrogens with zero attached hydrogens (tertiary/aromatic N) is 1. The topological polar surface area (TPSA) is 78.5 Å². The standard InChI is InChI=1S/C18H25N3O3S/c1-18(13-9-10-25-12-13)16(23)21(17(24)20-18)11-15(22)19-14-7-5-3-2-4-6-8-14/h9-10,12,14H,2-8,11H2,1H3,(H,19,22)(H,20,24). The van der Waals surface area contributed by atoms with E-state index in [1.165, 1.54) is 30.6 Å². The quantitative estimate of drug-likeness (QED) is 0.808. The Balaban J connectivity index is 1.61. The Morgan fingerprint density at radius 1 is 1.28 bits per heavy atom. The molecular weight excluding hydrogens is 338 g/mol. The molecule has 0 aromatic carbocycles. The molecule has 6 nitrogen and oxygen atoms in total. The number of hydrogen-bond acceptors (Lipinski definition) is 4. The first kappa shape index (κ1) is 17.9. The van der Waals surface area contributed by atoms with Crippen molar-refractivity contribution in [3.63, 3.8) is 0 Å². The van der Waals surface area contributed by atoms with E-state index in [-0.39, 0.29) is 24.4 Å². The summed E-state index contributed by atoms with van der Waals surface area (Å²) in [5.74, 6) is -0.632. The van der Waals surface area contributed by atoms with Gasteiger partial charge in [-0.25, -0.2) is 4.79 Å². The zero-order valence-corrected chi connectivity index (χ0v) is 15.4. The molecule has 136 valence electrons. The number of hydrogen-bond donors (Lipinski definition) is 2. The van der Waals surface area contributed by atoms with E-state index < -0.39 is 11.6 Å². The number of carbonyl (C=O) groups is 3. The van der Waals surface area contributed by atoms with Gasteiger partial charge in [-0.2, -0.15) is 11.3 Å². The van der Waals surface area contributed by atoms with E-state index in [0.717, 1.165) is 36.1 Å². The lowest BCUT2D eigenvalue weighted by Gasteiger charge is -2.23. The third-order valence-electron chi connectivity index (χ3n) is 5.15. The van der Waals surface area contributed by atoms with Crippen molar-refractivity contribution in [3.05, 3.63) is 22.4 Å². The van der Waals surface area contributed by atoms with Gasteiger partial charge in [-0.1, -0.05) is 32.1 Å². The summed E-state index contributed by atoms with van der Waals surface area (Å²) in [6.07, 6.45) is 7.85. The molecule has 1 saturated carbocycles. The lowest BCUT2D eigenvalue weighted by Crippen LogP contribution is -2.45. The van der Waals surface area contributed by atoms with Crippen LogP contribution in [0.1, 0.15) is 57.4 Å². The maximum Gasteiger partial charge on any atom is 0.325 e. The molecule has 0 bridgehead atoms. The van der Waals surface area contributed by atoms with Crippen molar-refractivity contribution in [1.82, 2.24) is 15.5 Å². The van der Waals surface area contributed by atoms with Crippen LogP contribution in [0.15, 0.2) is 16.8 Å². The summed E-state index contributed by atoms with van der Waals surface area (Å²) in [6, 6.07) is 1.46. The van der Waals surface area contributed by atoms with Gasteiger partial charge in [-0.3, -0.25) is 14.5 Å². The average molecular weight is 363 g/mol. The molecule has 3 rings (SSSR count). The molecule has 7 heteroatoms. The molecule has 1 aliphatic carbocycles. The van der Waals surface area contributed by atoms with Gasteiger partial charge in [-0.15, -0.1) is 0 Å². The Morgan fingerprint density at radius 2 is 1.96 bits per heavy atom. The van der Waals surface area contributed by atoms with Crippen molar-refractivity contribution < 1.29 is 14.4 Å². The van der Waals surface area contributed by atoms with Crippen LogP contribution in [0.25, 0.3) is 0 Å². The van der Waals surface area contributed by atoms with Crippen molar-refractivity contribution in [2.75, 3.05) is 6.54 Å². The molecular formula is C18H25N3O3S. The van der Waals surface area contributed by atoms with E-state index in [4.69, 9.17) is 0 Å². The maximum absolute atomic E-state index is 12.7. The van der Waals surface area contributed by atoms with Crippen LogP contribution in [-0.2, 0) is 15.1 Å². The molecule has 1 aliphatic heterocycles. The number of imide groups is 1. The minimum atomic E-state index is -1.09. The molecule has 1 aromatic heterocycles. The van der Waals surface area contributed by atoms with Gasteiger partial charge in [0.1, 0.15) is 12.1 Å². The van der Waals surface area contributed by atoms with Gasteiger partial charge in [-0.05, 0) is 42.2 Å². The van der Waals surface area contributed by atoms with Crippen LogP contribution >= 0.6 is 11.3 Å². The lowest BCUT2D eigenvalue weighted by atomic mass is 9.95. The van der Waals surface area contributed by atoms with Gasteiger partial charge < -0.3 is 10.6 Å². The zero-order chi connectivity index (χ0) is 17.9. The molecule has 0 radical (unpaired) electrons. The van der Waals surface area contributed by atoms with Gasteiger partial charge in [0.25, 0.3) is 5.91 Å².